The number of thiazole rings is 1. The number of amides is 2. The Morgan fingerprint density at radius 3 is 2.20 bits per heavy atom. The van der Waals surface area contributed by atoms with Crippen LogP contribution in [0.2, 0.25) is 0 Å². The first-order chi connectivity index (χ1) is 16.3. The standard InChI is InChI=1S/C27H39N3O4S/c1-8-34-22(31)15-28-25(33)30-11-9-17(10-12-30)24-29-21(16-35-24)18-13-19(26(2,3)4)23(32)20(14-18)27(5,6)7/h13-14,16-17,32H,8-12,15H2,1-7H3,(H,28,33). The maximum atomic E-state index is 12.4. The van der Waals surface area contributed by atoms with Gasteiger partial charge in [0.2, 0.25) is 0 Å². The summed E-state index contributed by atoms with van der Waals surface area (Å²) in [5.74, 6) is 0.242. The lowest BCUT2D eigenvalue weighted by atomic mass is 9.78. The summed E-state index contributed by atoms with van der Waals surface area (Å²) >= 11 is 1.66. The van der Waals surface area contributed by atoms with E-state index in [-0.39, 0.29) is 23.4 Å². The molecule has 0 spiro atoms. The van der Waals surface area contributed by atoms with E-state index in [1.165, 1.54) is 0 Å². The molecule has 2 N–H and O–H groups in total. The van der Waals surface area contributed by atoms with E-state index in [2.05, 4.69) is 64.4 Å². The summed E-state index contributed by atoms with van der Waals surface area (Å²) in [6.45, 7) is 15.8. The van der Waals surface area contributed by atoms with Crippen LogP contribution in [0, 0.1) is 0 Å². The molecule has 1 fully saturated rings. The van der Waals surface area contributed by atoms with Crippen LogP contribution in [0.4, 0.5) is 4.79 Å². The third-order valence-electron chi connectivity index (χ3n) is 6.36. The highest BCUT2D eigenvalue weighted by Crippen LogP contribution is 2.42. The SMILES string of the molecule is CCOC(=O)CNC(=O)N1CCC(c2nc(-c3cc(C(C)(C)C)c(O)c(C(C)(C)C)c3)cs2)CC1. The normalized spacial score (nSPS) is 15.2. The first-order valence-corrected chi connectivity index (χ1v) is 13.2. The van der Waals surface area contributed by atoms with Gasteiger partial charge in [-0.1, -0.05) is 41.5 Å². The van der Waals surface area contributed by atoms with E-state index in [4.69, 9.17) is 9.72 Å². The third-order valence-corrected chi connectivity index (χ3v) is 7.37. The van der Waals surface area contributed by atoms with Crippen molar-refractivity contribution in [2.75, 3.05) is 26.2 Å². The van der Waals surface area contributed by atoms with Gasteiger partial charge in [-0.15, -0.1) is 11.3 Å². The molecule has 1 aliphatic rings. The summed E-state index contributed by atoms with van der Waals surface area (Å²) < 4.78 is 4.86. The van der Waals surface area contributed by atoms with E-state index < -0.39 is 5.97 Å². The van der Waals surface area contributed by atoms with E-state index in [1.54, 1.807) is 23.2 Å². The molecule has 0 bridgehead atoms. The summed E-state index contributed by atoms with van der Waals surface area (Å²) in [5.41, 5.74) is 3.42. The number of hydrogen-bond acceptors (Lipinski definition) is 6. The largest absolute Gasteiger partial charge is 0.507 e. The summed E-state index contributed by atoms with van der Waals surface area (Å²) in [6.07, 6.45) is 1.66. The van der Waals surface area contributed by atoms with Gasteiger partial charge in [-0.2, -0.15) is 0 Å². The Labute approximate surface area is 212 Å². The monoisotopic (exact) mass is 501 g/mol. The predicted molar refractivity (Wildman–Crippen MR) is 140 cm³/mol. The quantitative estimate of drug-likeness (QED) is 0.523. The Hall–Kier alpha value is -2.61. The molecule has 2 aromatic rings. The molecule has 3 rings (SSSR count). The molecule has 192 valence electrons. The minimum absolute atomic E-state index is 0.109. The number of nitrogens with zero attached hydrogens (tertiary/aromatic N) is 2. The van der Waals surface area contributed by atoms with Crippen molar-refractivity contribution in [3.63, 3.8) is 0 Å². The Bertz CT molecular complexity index is 1020. The number of phenols is 1. The topological polar surface area (TPSA) is 91.8 Å². The van der Waals surface area contributed by atoms with Crippen LogP contribution in [-0.2, 0) is 20.4 Å². The van der Waals surface area contributed by atoms with Crippen LogP contribution in [0.5, 0.6) is 5.75 Å². The molecule has 2 heterocycles. The number of benzene rings is 1. The van der Waals surface area contributed by atoms with Crippen LogP contribution >= 0.6 is 11.3 Å². The highest BCUT2D eigenvalue weighted by Gasteiger charge is 2.29. The van der Waals surface area contributed by atoms with Crippen molar-refractivity contribution in [1.29, 1.82) is 0 Å². The first kappa shape index (κ1) is 27.0. The second-order valence-electron chi connectivity index (χ2n) is 11.2. The number of likely N-dealkylation sites (tertiary alicyclic amines) is 1. The molecule has 1 aromatic heterocycles. The van der Waals surface area contributed by atoms with E-state index >= 15 is 0 Å². The van der Waals surface area contributed by atoms with E-state index in [0.717, 1.165) is 40.2 Å². The van der Waals surface area contributed by atoms with Crippen LogP contribution in [-0.4, -0.2) is 53.2 Å². The second kappa shape index (κ2) is 10.6. The number of piperidine rings is 1. The number of esters is 1. The Balaban J connectivity index is 1.73. The molecule has 35 heavy (non-hydrogen) atoms. The van der Waals surface area contributed by atoms with Gasteiger partial charge >= 0.3 is 12.0 Å². The molecule has 2 amide bonds. The van der Waals surface area contributed by atoms with E-state index in [1.807, 2.05) is 0 Å². The van der Waals surface area contributed by atoms with Gasteiger partial charge in [-0.3, -0.25) is 4.79 Å². The van der Waals surface area contributed by atoms with Crippen LogP contribution in [0.15, 0.2) is 17.5 Å². The molecule has 0 radical (unpaired) electrons. The van der Waals surface area contributed by atoms with Crippen molar-refractivity contribution in [3.8, 4) is 17.0 Å². The van der Waals surface area contributed by atoms with Gasteiger partial charge in [0.05, 0.1) is 17.3 Å². The number of aromatic hydroxyl groups is 1. The van der Waals surface area contributed by atoms with Crippen LogP contribution in [0.1, 0.15) is 83.4 Å². The highest BCUT2D eigenvalue weighted by atomic mass is 32.1. The van der Waals surface area contributed by atoms with Crippen LogP contribution in [0.3, 0.4) is 0 Å². The van der Waals surface area contributed by atoms with Crippen molar-refractivity contribution in [2.24, 2.45) is 0 Å². The average molecular weight is 502 g/mol. The smallest absolute Gasteiger partial charge is 0.325 e. The van der Waals surface area contributed by atoms with E-state index in [0.29, 0.717) is 31.4 Å². The number of carbonyl (C=O) groups is 2. The van der Waals surface area contributed by atoms with Crippen molar-refractivity contribution < 1.29 is 19.4 Å². The van der Waals surface area contributed by atoms with Gasteiger partial charge < -0.3 is 20.1 Å². The Kier molecular flexibility index (Phi) is 8.14. The fourth-order valence-corrected chi connectivity index (χ4v) is 5.33. The molecule has 1 aliphatic heterocycles. The first-order valence-electron chi connectivity index (χ1n) is 12.3. The van der Waals surface area contributed by atoms with Gasteiger partial charge in [-0.25, -0.2) is 9.78 Å². The number of hydrogen-bond donors (Lipinski definition) is 2. The highest BCUT2D eigenvalue weighted by molar-refractivity contribution is 7.10. The maximum Gasteiger partial charge on any atom is 0.325 e. The molecule has 0 saturated carbocycles. The predicted octanol–water partition coefficient (Wildman–Crippen LogP) is 5.56. The van der Waals surface area contributed by atoms with Gasteiger partial charge in [0, 0.05) is 41.1 Å². The number of urea groups is 1. The van der Waals surface area contributed by atoms with Gasteiger partial charge in [-0.05, 0) is 42.7 Å². The zero-order valence-corrected chi connectivity index (χ0v) is 22.8. The summed E-state index contributed by atoms with van der Waals surface area (Å²) in [6, 6.07) is 3.91. The molecule has 8 heteroatoms. The molecule has 1 saturated heterocycles. The zero-order valence-electron chi connectivity index (χ0n) is 22.0. The van der Waals surface area contributed by atoms with Crippen molar-refractivity contribution in [3.05, 3.63) is 33.6 Å². The van der Waals surface area contributed by atoms with Crippen LogP contribution in [0.25, 0.3) is 11.3 Å². The average Bonchev–Trinajstić information content (AvgIpc) is 3.26. The Morgan fingerprint density at radius 2 is 1.69 bits per heavy atom. The summed E-state index contributed by atoms with van der Waals surface area (Å²) in [7, 11) is 0. The third kappa shape index (κ3) is 6.54. The van der Waals surface area contributed by atoms with Crippen molar-refractivity contribution >= 4 is 23.3 Å². The number of phenolic OH excluding ortho intramolecular Hbond substituents is 1. The van der Waals surface area contributed by atoms with Gasteiger partial charge in [0.25, 0.3) is 0 Å². The number of carbonyl (C=O) groups excluding carboxylic acids is 2. The van der Waals surface area contributed by atoms with Gasteiger partial charge in [0.1, 0.15) is 12.3 Å². The van der Waals surface area contributed by atoms with E-state index in [9.17, 15) is 14.7 Å². The fourth-order valence-electron chi connectivity index (χ4n) is 4.33. The summed E-state index contributed by atoms with van der Waals surface area (Å²) in [4.78, 5) is 30.6. The van der Waals surface area contributed by atoms with Crippen molar-refractivity contribution in [2.45, 2.75) is 78.1 Å². The van der Waals surface area contributed by atoms with Crippen molar-refractivity contribution in [1.82, 2.24) is 15.2 Å². The van der Waals surface area contributed by atoms with Crippen LogP contribution < -0.4 is 5.32 Å². The maximum absolute atomic E-state index is 12.4. The molecule has 7 nitrogen and oxygen atoms in total. The fraction of sp³-hybridized carbons (Fsp3) is 0.593. The molecule has 0 atom stereocenters. The Morgan fingerprint density at radius 1 is 1.11 bits per heavy atom. The second-order valence-corrected chi connectivity index (χ2v) is 12.1. The van der Waals surface area contributed by atoms with Gasteiger partial charge in [0.15, 0.2) is 0 Å². The number of aromatic nitrogens is 1. The minimum Gasteiger partial charge on any atom is -0.507 e. The lowest BCUT2D eigenvalue weighted by Crippen LogP contribution is -2.45. The lowest BCUT2D eigenvalue weighted by molar-refractivity contribution is -0.141. The molecule has 1 aromatic carbocycles. The molecule has 0 unspecified atom stereocenters. The molecule has 0 aliphatic carbocycles. The summed E-state index contributed by atoms with van der Waals surface area (Å²) in [5, 5.41) is 16.8. The molecular weight excluding hydrogens is 462 g/mol. The molecular formula is C27H39N3O4S. The minimum atomic E-state index is -0.426. The number of ether oxygens (including phenoxy) is 1. The lowest BCUT2D eigenvalue weighted by Gasteiger charge is -2.31. The number of rotatable bonds is 5. The number of nitrogens with one attached hydrogen (secondary N) is 1. The zero-order chi connectivity index (χ0) is 26.0.